The van der Waals surface area contributed by atoms with Gasteiger partial charge in [-0.2, -0.15) is 0 Å². The highest BCUT2D eigenvalue weighted by atomic mass is 19.1. The third-order valence-corrected chi connectivity index (χ3v) is 6.07. The molecular formula is C25H33FN6. The molecule has 3 N–H and O–H groups in total. The van der Waals surface area contributed by atoms with E-state index in [-0.39, 0.29) is 17.8 Å². The van der Waals surface area contributed by atoms with Crippen LogP contribution in [0.5, 0.6) is 0 Å². The monoisotopic (exact) mass is 436 g/mol. The van der Waals surface area contributed by atoms with Gasteiger partial charge >= 0.3 is 0 Å². The van der Waals surface area contributed by atoms with E-state index in [1.54, 1.807) is 6.07 Å². The average Bonchev–Trinajstić information content (AvgIpc) is 2.74. The summed E-state index contributed by atoms with van der Waals surface area (Å²) in [6.45, 7) is 10.7. The molecule has 0 bridgehead atoms. The maximum atomic E-state index is 13.6. The second-order valence-corrected chi connectivity index (χ2v) is 8.50. The summed E-state index contributed by atoms with van der Waals surface area (Å²) in [7, 11) is 1.92. The van der Waals surface area contributed by atoms with E-state index in [1.165, 1.54) is 12.1 Å². The highest BCUT2D eigenvalue weighted by Gasteiger charge is 2.27. The molecule has 2 heterocycles. The Hall–Kier alpha value is -3.22. The van der Waals surface area contributed by atoms with Gasteiger partial charge in [-0.05, 0) is 55.2 Å². The molecule has 1 aliphatic rings. The third-order valence-electron chi connectivity index (χ3n) is 6.07. The van der Waals surface area contributed by atoms with Crippen molar-refractivity contribution in [2.75, 3.05) is 6.54 Å². The second kappa shape index (κ2) is 9.94. The smallest absolute Gasteiger partial charge is 0.142 e. The van der Waals surface area contributed by atoms with Gasteiger partial charge in [0.1, 0.15) is 28.8 Å². The van der Waals surface area contributed by atoms with E-state index >= 15 is 0 Å². The van der Waals surface area contributed by atoms with Gasteiger partial charge in [-0.15, -0.1) is 0 Å². The minimum Gasteiger partial charge on any atom is -0.367 e. The lowest BCUT2D eigenvalue weighted by Gasteiger charge is -2.36. The van der Waals surface area contributed by atoms with Crippen LogP contribution in [-0.2, 0) is 7.05 Å². The van der Waals surface area contributed by atoms with E-state index in [4.69, 9.17) is 15.8 Å². The van der Waals surface area contributed by atoms with E-state index in [0.29, 0.717) is 30.5 Å². The first kappa shape index (κ1) is 23.4. The number of nitrogens with one attached hydrogen (secondary N) is 3. The first-order valence-corrected chi connectivity index (χ1v) is 11.1. The van der Waals surface area contributed by atoms with Crippen molar-refractivity contribution in [1.82, 2.24) is 14.8 Å². The van der Waals surface area contributed by atoms with Gasteiger partial charge in [0.25, 0.3) is 0 Å². The van der Waals surface area contributed by atoms with Crippen LogP contribution in [0.25, 0.3) is 11.1 Å². The van der Waals surface area contributed by atoms with Gasteiger partial charge in [0, 0.05) is 43.7 Å². The number of hydrogen-bond donors (Lipinski definition) is 3. The van der Waals surface area contributed by atoms with E-state index in [2.05, 4.69) is 18.8 Å². The fourth-order valence-electron chi connectivity index (χ4n) is 3.99. The number of aryl methyl sites for hydroxylation is 2. The van der Waals surface area contributed by atoms with Crippen molar-refractivity contribution in [3.63, 3.8) is 0 Å². The fourth-order valence-corrected chi connectivity index (χ4v) is 3.99. The van der Waals surface area contributed by atoms with Gasteiger partial charge in [0.15, 0.2) is 0 Å². The van der Waals surface area contributed by atoms with Crippen molar-refractivity contribution in [2.45, 2.75) is 46.1 Å². The first-order chi connectivity index (χ1) is 15.2. The van der Waals surface area contributed by atoms with Gasteiger partial charge in [-0.25, -0.2) is 9.38 Å². The Balaban J connectivity index is 1.79. The number of likely N-dealkylation sites (tertiary alicyclic amines) is 1. The van der Waals surface area contributed by atoms with Crippen LogP contribution < -0.4 is 10.8 Å². The molecule has 1 fully saturated rings. The van der Waals surface area contributed by atoms with Gasteiger partial charge in [0.05, 0.1) is 0 Å². The third kappa shape index (κ3) is 5.15. The summed E-state index contributed by atoms with van der Waals surface area (Å²) in [5.74, 6) is 1.40. The van der Waals surface area contributed by atoms with Crippen molar-refractivity contribution in [2.24, 2.45) is 18.0 Å². The lowest BCUT2D eigenvalue weighted by molar-refractivity contribution is 0.405. The topological polar surface area (TPSA) is 80.3 Å². The largest absolute Gasteiger partial charge is 0.367 e. The lowest BCUT2D eigenvalue weighted by atomic mass is 10.00. The summed E-state index contributed by atoms with van der Waals surface area (Å²) >= 11 is 0. The Morgan fingerprint density at radius 3 is 2.75 bits per heavy atom. The number of aromatic nitrogens is 1. The van der Waals surface area contributed by atoms with Crippen molar-refractivity contribution < 1.29 is 4.39 Å². The quantitative estimate of drug-likeness (QED) is 0.458. The SMILES string of the molecule is C=C(N=c1c(-c2ccc(F)cc2C)cccn1C)NC1CCN(C(=N)[C@H](C)CC)C(=N)C1. The number of benzene rings is 1. The maximum Gasteiger partial charge on any atom is 0.142 e. The Bertz CT molecular complexity index is 1100. The van der Waals surface area contributed by atoms with Crippen molar-refractivity contribution >= 4 is 11.7 Å². The summed E-state index contributed by atoms with van der Waals surface area (Å²) in [5, 5.41) is 20.1. The zero-order valence-electron chi connectivity index (χ0n) is 19.4. The fraction of sp³-hybridized carbons (Fsp3) is 0.400. The van der Waals surface area contributed by atoms with E-state index in [1.807, 2.05) is 48.7 Å². The molecule has 2 aromatic rings. The number of amidine groups is 2. The van der Waals surface area contributed by atoms with Crippen LogP contribution in [0.2, 0.25) is 0 Å². The molecule has 1 aliphatic heterocycles. The van der Waals surface area contributed by atoms with Crippen LogP contribution in [0.3, 0.4) is 0 Å². The van der Waals surface area contributed by atoms with Crippen LogP contribution in [0.4, 0.5) is 4.39 Å². The number of pyridine rings is 1. The van der Waals surface area contributed by atoms with E-state index < -0.39 is 0 Å². The zero-order valence-corrected chi connectivity index (χ0v) is 19.4. The highest BCUT2D eigenvalue weighted by Crippen LogP contribution is 2.21. The van der Waals surface area contributed by atoms with E-state index in [9.17, 15) is 4.39 Å². The standard InChI is InChI=1S/C25H33FN6/c1-6-16(2)24(28)32-13-11-20(15-23(32)27)29-18(4)30-25-22(8-7-12-31(25)5)21-10-9-19(26)14-17(21)3/h7-10,12,14,16,20,27-29H,4,6,11,13,15H2,1-3,5H3/t16-,20?/m1/s1. The van der Waals surface area contributed by atoms with Crippen molar-refractivity contribution in [1.29, 1.82) is 10.8 Å². The van der Waals surface area contributed by atoms with Gasteiger partial charge in [-0.1, -0.05) is 26.5 Å². The molecule has 6 nitrogen and oxygen atoms in total. The Kier molecular flexibility index (Phi) is 7.28. The first-order valence-electron chi connectivity index (χ1n) is 11.1. The van der Waals surface area contributed by atoms with Crippen LogP contribution in [0, 0.1) is 29.5 Å². The minimum atomic E-state index is -0.258. The van der Waals surface area contributed by atoms with Gasteiger partial charge in [0.2, 0.25) is 0 Å². The number of halogens is 1. The molecule has 1 saturated heterocycles. The average molecular weight is 437 g/mol. The molecule has 3 rings (SSSR count). The lowest BCUT2D eigenvalue weighted by Crippen LogP contribution is -2.49. The van der Waals surface area contributed by atoms with Crippen LogP contribution in [0.15, 0.2) is 53.9 Å². The molecule has 170 valence electrons. The zero-order chi connectivity index (χ0) is 23.4. The van der Waals surface area contributed by atoms with Crippen LogP contribution in [-0.4, -0.2) is 33.7 Å². The molecule has 1 aromatic heterocycles. The van der Waals surface area contributed by atoms with Gasteiger partial charge < -0.3 is 14.8 Å². The molecule has 1 unspecified atom stereocenters. The number of hydrogen-bond acceptors (Lipinski definition) is 4. The molecule has 0 saturated carbocycles. The molecular weight excluding hydrogens is 403 g/mol. The minimum absolute atomic E-state index is 0.0461. The van der Waals surface area contributed by atoms with Crippen molar-refractivity contribution in [3.8, 4) is 11.1 Å². The van der Waals surface area contributed by atoms with Crippen LogP contribution >= 0.6 is 0 Å². The second-order valence-electron chi connectivity index (χ2n) is 8.50. The number of nitrogens with zero attached hydrogens (tertiary/aromatic N) is 3. The van der Waals surface area contributed by atoms with Crippen molar-refractivity contribution in [3.05, 3.63) is 65.8 Å². The molecule has 2 atom stereocenters. The predicted octanol–water partition coefficient (Wildman–Crippen LogP) is 4.57. The van der Waals surface area contributed by atoms with Gasteiger partial charge in [-0.3, -0.25) is 10.8 Å². The Morgan fingerprint density at radius 1 is 1.34 bits per heavy atom. The summed E-state index contributed by atoms with van der Waals surface area (Å²) in [5.41, 5.74) is 3.40. The number of piperidine rings is 1. The number of rotatable bonds is 6. The molecule has 0 aliphatic carbocycles. The molecule has 0 amide bonds. The Labute approximate surface area is 189 Å². The molecule has 7 heteroatoms. The summed E-state index contributed by atoms with van der Waals surface area (Å²) in [6, 6.07) is 8.72. The summed E-state index contributed by atoms with van der Waals surface area (Å²) < 4.78 is 15.5. The summed E-state index contributed by atoms with van der Waals surface area (Å²) in [6.07, 6.45) is 4.14. The molecule has 0 spiro atoms. The van der Waals surface area contributed by atoms with Crippen LogP contribution in [0.1, 0.15) is 38.7 Å². The molecule has 1 aromatic carbocycles. The molecule has 32 heavy (non-hydrogen) atoms. The highest BCUT2D eigenvalue weighted by molar-refractivity contribution is 5.99. The predicted molar refractivity (Wildman–Crippen MR) is 128 cm³/mol. The Morgan fingerprint density at radius 2 is 2.09 bits per heavy atom. The molecule has 0 radical (unpaired) electrons. The summed E-state index contributed by atoms with van der Waals surface area (Å²) in [4.78, 5) is 6.57. The van der Waals surface area contributed by atoms with E-state index in [0.717, 1.165) is 35.0 Å². The maximum absolute atomic E-state index is 13.6. The normalized spacial score (nSPS) is 17.9.